The van der Waals surface area contributed by atoms with E-state index in [1.807, 2.05) is 6.08 Å². The molecule has 0 aromatic rings. The number of carbonyl (C=O) groups is 1. The summed E-state index contributed by atoms with van der Waals surface area (Å²) in [6.45, 7) is 6.22. The summed E-state index contributed by atoms with van der Waals surface area (Å²) in [6, 6.07) is 0. The molecule has 0 aromatic heterocycles. The first kappa shape index (κ1) is 18.8. The van der Waals surface area contributed by atoms with Crippen LogP contribution in [-0.2, 0) is 14.3 Å². The topological polar surface area (TPSA) is 35.5 Å². The summed E-state index contributed by atoms with van der Waals surface area (Å²) in [5, 5.41) is 0. The summed E-state index contributed by atoms with van der Waals surface area (Å²) in [5.74, 6) is 0.202. The van der Waals surface area contributed by atoms with Crippen molar-refractivity contribution in [3.05, 3.63) is 23.8 Å². The number of carbonyl (C=O) groups excluding carboxylic acids is 1. The largest absolute Gasteiger partial charge is 0.468 e. The van der Waals surface area contributed by atoms with E-state index < -0.39 is 12.3 Å². The molecule has 1 aliphatic rings. The number of rotatable bonds is 7. The van der Waals surface area contributed by atoms with Gasteiger partial charge in [0.25, 0.3) is 6.47 Å². The van der Waals surface area contributed by atoms with Crippen molar-refractivity contribution in [2.75, 3.05) is 26.5 Å². The maximum atomic E-state index is 13.6. The molecule has 0 amide bonds. The van der Waals surface area contributed by atoms with Gasteiger partial charge < -0.3 is 9.47 Å². The van der Waals surface area contributed by atoms with Gasteiger partial charge in [-0.15, -0.1) is 0 Å². The zero-order chi connectivity index (χ0) is 16.4. The van der Waals surface area contributed by atoms with Gasteiger partial charge in [-0.1, -0.05) is 12.7 Å². The van der Waals surface area contributed by atoms with Gasteiger partial charge in [0.15, 0.2) is 0 Å². The highest BCUT2D eigenvalue weighted by Crippen LogP contribution is 2.26. The lowest BCUT2D eigenvalue weighted by Crippen LogP contribution is -2.20. The normalized spacial score (nSPS) is 25.0. The Balaban J connectivity index is 2.70. The maximum absolute atomic E-state index is 13.6. The van der Waals surface area contributed by atoms with Crippen LogP contribution in [0.4, 0.5) is 8.78 Å². The number of allylic oxidation sites excluding steroid dienone is 1. The van der Waals surface area contributed by atoms with Gasteiger partial charge in [0.05, 0.1) is 13.2 Å². The monoisotopic (exact) mass is 316 g/mol. The van der Waals surface area contributed by atoms with Crippen LogP contribution >= 0.6 is 0 Å². The van der Waals surface area contributed by atoms with Gasteiger partial charge >= 0.3 is 0 Å². The Morgan fingerprint density at radius 2 is 2.32 bits per heavy atom. The van der Waals surface area contributed by atoms with Crippen molar-refractivity contribution in [2.24, 2.45) is 5.92 Å². The third kappa shape index (κ3) is 7.16. The van der Waals surface area contributed by atoms with Crippen molar-refractivity contribution in [2.45, 2.75) is 44.7 Å². The molecule has 0 radical (unpaired) electrons. The summed E-state index contributed by atoms with van der Waals surface area (Å²) in [7, 11) is 0. The molecule has 1 aliphatic heterocycles. The lowest BCUT2D eigenvalue weighted by atomic mass is 9.91. The second kappa shape index (κ2) is 9.72. The van der Waals surface area contributed by atoms with Crippen LogP contribution in [0.3, 0.4) is 0 Å². The molecule has 3 nitrogen and oxygen atoms in total. The van der Waals surface area contributed by atoms with Crippen molar-refractivity contribution >= 4 is 6.47 Å². The molecule has 0 bridgehead atoms. The maximum Gasteiger partial charge on any atom is 0.293 e. The molecular weight excluding hydrogens is 290 g/mol. The van der Waals surface area contributed by atoms with Gasteiger partial charge in [0.1, 0.15) is 12.3 Å². The molecule has 0 aliphatic carbocycles. The van der Waals surface area contributed by atoms with Crippen LogP contribution in [0, 0.1) is 5.92 Å². The molecule has 22 heavy (non-hydrogen) atoms. The highest BCUT2D eigenvalue weighted by molar-refractivity contribution is 5.37. The van der Waals surface area contributed by atoms with E-state index in [4.69, 9.17) is 9.47 Å². The fraction of sp³-hybridized carbons (Fsp3) is 0.706. The highest BCUT2D eigenvalue weighted by atomic mass is 19.2. The molecule has 0 saturated carbocycles. The van der Waals surface area contributed by atoms with E-state index in [0.717, 1.165) is 24.0 Å². The van der Waals surface area contributed by atoms with Crippen molar-refractivity contribution in [1.29, 1.82) is 0 Å². The first-order chi connectivity index (χ1) is 10.5. The molecule has 1 rings (SSSR count). The Morgan fingerprint density at radius 1 is 1.55 bits per heavy atom. The average Bonchev–Trinajstić information content (AvgIpc) is 2.57. The molecule has 0 spiro atoms. The number of alkyl halides is 2. The molecule has 0 N–H and O–H groups in total. The van der Waals surface area contributed by atoms with Crippen LogP contribution in [0.2, 0.25) is 0 Å². The number of hydrogen-bond acceptors (Lipinski definition) is 3. The zero-order valence-electron chi connectivity index (χ0n) is 13.3. The van der Waals surface area contributed by atoms with Crippen molar-refractivity contribution < 1.29 is 23.0 Å². The van der Waals surface area contributed by atoms with Gasteiger partial charge in [-0.3, -0.25) is 4.79 Å². The van der Waals surface area contributed by atoms with Gasteiger partial charge in [-0.05, 0) is 56.1 Å². The lowest BCUT2D eigenvalue weighted by molar-refractivity contribution is -0.130. The Kier molecular flexibility index (Phi) is 8.31. The predicted octanol–water partition coefficient (Wildman–Crippen LogP) is 3.94. The fourth-order valence-corrected chi connectivity index (χ4v) is 2.48. The Hall–Kier alpha value is -1.23. The predicted molar refractivity (Wildman–Crippen MR) is 82.1 cm³/mol. The molecule has 5 heteroatoms. The minimum Gasteiger partial charge on any atom is -0.468 e. The van der Waals surface area contributed by atoms with E-state index in [1.165, 1.54) is 6.92 Å². The molecule has 0 aromatic carbocycles. The molecular formula is C17H26F2O3. The van der Waals surface area contributed by atoms with E-state index in [9.17, 15) is 13.6 Å². The van der Waals surface area contributed by atoms with Crippen LogP contribution in [0.1, 0.15) is 39.0 Å². The van der Waals surface area contributed by atoms with E-state index in [1.54, 1.807) is 0 Å². The van der Waals surface area contributed by atoms with Crippen molar-refractivity contribution in [3.8, 4) is 0 Å². The zero-order valence-corrected chi connectivity index (χ0v) is 13.3. The quantitative estimate of drug-likeness (QED) is 0.667. The summed E-state index contributed by atoms with van der Waals surface area (Å²) >= 11 is 0. The molecule has 126 valence electrons. The molecule has 2 atom stereocenters. The van der Waals surface area contributed by atoms with E-state index in [2.05, 4.69) is 6.58 Å². The van der Waals surface area contributed by atoms with Crippen LogP contribution in [-0.4, -0.2) is 38.6 Å². The molecule has 1 heterocycles. The summed E-state index contributed by atoms with van der Waals surface area (Å²) in [5.41, 5.74) is 0.0721. The van der Waals surface area contributed by atoms with Crippen LogP contribution in [0.5, 0.6) is 0 Å². The number of hydrogen-bond donors (Lipinski definition) is 0. The fourth-order valence-electron chi connectivity index (χ4n) is 2.48. The SMILES string of the molecule is C=C1COCCC[C@@H](COC=O)C/C1=C/CC[C@](C)(F)CF. The van der Waals surface area contributed by atoms with E-state index in [0.29, 0.717) is 39.1 Å². The molecule has 1 fully saturated rings. The summed E-state index contributed by atoms with van der Waals surface area (Å²) in [4.78, 5) is 10.4. The molecule has 0 unspecified atom stereocenters. The Morgan fingerprint density at radius 3 is 3.00 bits per heavy atom. The first-order valence-electron chi connectivity index (χ1n) is 7.73. The van der Waals surface area contributed by atoms with Crippen LogP contribution < -0.4 is 0 Å². The highest BCUT2D eigenvalue weighted by Gasteiger charge is 2.22. The standard InChI is InChI=1S/C17H26F2O3/c1-14-10-21-8-4-5-15(11-22-13-20)9-16(14)6-3-7-17(2,19)12-18/h6,13,15H,1,3-5,7-12H2,2H3/b16-6-/t15-,17+/m1/s1. The third-order valence-corrected chi connectivity index (χ3v) is 3.87. The second-order valence-electron chi connectivity index (χ2n) is 6.11. The van der Waals surface area contributed by atoms with Crippen molar-refractivity contribution in [1.82, 2.24) is 0 Å². The first-order valence-corrected chi connectivity index (χ1v) is 7.73. The summed E-state index contributed by atoms with van der Waals surface area (Å²) in [6.07, 6.45) is 5.01. The van der Waals surface area contributed by atoms with Crippen LogP contribution in [0.25, 0.3) is 0 Å². The van der Waals surface area contributed by atoms with E-state index in [-0.39, 0.29) is 12.3 Å². The smallest absolute Gasteiger partial charge is 0.293 e. The second-order valence-corrected chi connectivity index (χ2v) is 6.11. The van der Waals surface area contributed by atoms with Gasteiger partial charge in [0.2, 0.25) is 0 Å². The van der Waals surface area contributed by atoms with Crippen LogP contribution in [0.15, 0.2) is 23.8 Å². The minimum absolute atomic E-state index is 0.136. The lowest BCUT2D eigenvalue weighted by Gasteiger charge is -2.18. The average molecular weight is 316 g/mol. The number of ether oxygens (including phenoxy) is 2. The van der Waals surface area contributed by atoms with Gasteiger partial charge in [-0.2, -0.15) is 0 Å². The Labute approximate surface area is 131 Å². The number of halogens is 2. The van der Waals surface area contributed by atoms with Gasteiger partial charge in [-0.25, -0.2) is 8.78 Å². The Bertz CT molecular complexity index is 391. The molecule has 1 saturated heterocycles. The van der Waals surface area contributed by atoms with E-state index >= 15 is 0 Å². The van der Waals surface area contributed by atoms with Gasteiger partial charge in [0, 0.05) is 6.61 Å². The third-order valence-electron chi connectivity index (χ3n) is 3.87. The van der Waals surface area contributed by atoms with Crippen molar-refractivity contribution in [3.63, 3.8) is 0 Å². The minimum atomic E-state index is -1.78. The summed E-state index contributed by atoms with van der Waals surface area (Å²) < 4.78 is 36.5.